The number of carbonyl (C=O) groups excluding carboxylic acids is 1. The summed E-state index contributed by atoms with van der Waals surface area (Å²) in [5.41, 5.74) is 3.89. The number of fused-ring (bicyclic) bond motifs is 1. The van der Waals surface area contributed by atoms with Crippen molar-refractivity contribution in [3.05, 3.63) is 59.9 Å². The molecule has 0 bridgehead atoms. The maximum absolute atomic E-state index is 13.0. The Labute approximate surface area is 171 Å². The Balaban J connectivity index is 1.45. The number of nitrogens with zero attached hydrogens (tertiary/aromatic N) is 3. The van der Waals surface area contributed by atoms with Gasteiger partial charge in [0.05, 0.1) is 24.5 Å². The molecule has 1 aliphatic rings. The zero-order chi connectivity index (χ0) is 20.2. The molecule has 152 valence electrons. The summed E-state index contributed by atoms with van der Waals surface area (Å²) in [5, 5.41) is 3.40. The van der Waals surface area contributed by atoms with Crippen LogP contribution in [0.3, 0.4) is 0 Å². The minimum atomic E-state index is 0.0304. The van der Waals surface area contributed by atoms with E-state index in [1.165, 1.54) is 6.42 Å². The van der Waals surface area contributed by atoms with E-state index < -0.39 is 0 Å². The molecule has 4 rings (SSSR count). The molecule has 1 aromatic heterocycles. The van der Waals surface area contributed by atoms with E-state index in [2.05, 4.69) is 20.9 Å². The highest BCUT2D eigenvalue weighted by Gasteiger charge is 2.19. The van der Waals surface area contributed by atoms with Gasteiger partial charge in [0.1, 0.15) is 5.75 Å². The molecule has 0 radical (unpaired) electrons. The quantitative estimate of drug-likeness (QED) is 0.672. The summed E-state index contributed by atoms with van der Waals surface area (Å²) in [7, 11) is 3.54. The summed E-state index contributed by atoms with van der Waals surface area (Å²) < 4.78 is 7.62. The van der Waals surface area contributed by atoms with Gasteiger partial charge >= 0.3 is 0 Å². The Bertz CT molecular complexity index is 991. The first kappa shape index (κ1) is 19.5. The van der Waals surface area contributed by atoms with Gasteiger partial charge in [0.25, 0.3) is 5.91 Å². The fraction of sp³-hybridized carbons (Fsp3) is 0.391. The molecule has 1 saturated heterocycles. The van der Waals surface area contributed by atoms with Crippen molar-refractivity contribution in [3.8, 4) is 5.75 Å². The number of carbonyl (C=O) groups is 1. The number of amides is 1. The summed E-state index contributed by atoms with van der Waals surface area (Å²) in [5.74, 6) is 1.49. The number of likely N-dealkylation sites (N-methyl/N-ethyl adjacent to an activating group) is 1. The summed E-state index contributed by atoms with van der Waals surface area (Å²) in [6.45, 7) is 3.42. The largest absolute Gasteiger partial charge is 0.496 e. The van der Waals surface area contributed by atoms with Gasteiger partial charge in [-0.3, -0.25) is 4.79 Å². The second kappa shape index (κ2) is 8.66. The molecular weight excluding hydrogens is 364 g/mol. The number of aromatic nitrogens is 2. The van der Waals surface area contributed by atoms with Gasteiger partial charge in [-0.05, 0) is 67.7 Å². The summed E-state index contributed by atoms with van der Waals surface area (Å²) in [6, 6.07) is 13.8. The van der Waals surface area contributed by atoms with Gasteiger partial charge in [-0.15, -0.1) is 0 Å². The Kier molecular flexibility index (Phi) is 5.81. The van der Waals surface area contributed by atoms with Crippen molar-refractivity contribution in [2.75, 3.05) is 33.8 Å². The minimum absolute atomic E-state index is 0.0304. The van der Waals surface area contributed by atoms with E-state index in [-0.39, 0.29) is 5.91 Å². The molecule has 1 atom stereocenters. The van der Waals surface area contributed by atoms with Crippen LogP contribution >= 0.6 is 0 Å². The number of hydrogen-bond acceptors (Lipinski definition) is 4. The fourth-order valence-electron chi connectivity index (χ4n) is 4.04. The van der Waals surface area contributed by atoms with E-state index in [0.717, 1.165) is 41.9 Å². The van der Waals surface area contributed by atoms with Crippen LogP contribution in [-0.4, -0.2) is 54.1 Å². The van der Waals surface area contributed by atoms with Crippen molar-refractivity contribution in [2.45, 2.75) is 19.4 Å². The van der Waals surface area contributed by atoms with Crippen LogP contribution in [0.1, 0.15) is 22.3 Å². The standard InChI is InChI=1S/C23H28N4O2/c1-26(11-12-27-16-25-20-5-3-4-6-21(20)27)23(28)18-7-8-22(29-2)19(14-18)13-17-9-10-24-15-17/h3-8,14,16-17,24H,9-13,15H2,1-2H3. The van der Waals surface area contributed by atoms with E-state index in [4.69, 9.17) is 4.74 Å². The van der Waals surface area contributed by atoms with Crippen LogP contribution in [0.4, 0.5) is 0 Å². The van der Waals surface area contributed by atoms with Crippen molar-refractivity contribution in [1.29, 1.82) is 0 Å². The van der Waals surface area contributed by atoms with Crippen molar-refractivity contribution < 1.29 is 9.53 Å². The zero-order valence-corrected chi connectivity index (χ0v) is 17.1. The highest BCUT2D eigenvalue weighted by atomic mass is 16.5. The van der Waals surface area contributed by atoms with Gasteiger partial charge in [-0.2, -0.15) is 0 Å². The lowest BCUT2D eigenvalue weighted by Gasteiger charge is -2.19. The molecule has 1 N–H and O–H groups in total. The summed E-state index contributed by atoms with van der Waals surface area (Å²) >= 11 is 0. The van der Waals surface area contributed by atoms with Gasteiger partial charge in [0.15, 0.2) is 0 Å². The van der Waals surface area contributed by atoms with Gasteiger partial charge in [0.2, 0.25) is 0 Å². The molecule has 1 amide bonds. The maximum Gasteiger partial charge on any atom is 0.253 e. The molecular formula is C23H28N4O2. The monoisotopic (exact) mass is 392 g/mol. The number of para-hydroxylation sites is 2. The van der Waals surface area contributed by atoms with E-state index in [1.807, 2.05) is 49.8 Å². The van der Waals surface area contributed by atoms with E-state index in [1.54, 1.807) is 12.0 Å². The predicted octanol–water partition coefficient (Wildman–Crippen LogP) is 2.97. The Morgan fingerprint density at radius 2 is 2.17 bits per heavy atom. The number of hydrogen-bond donors (Lipinski definition) is 1. The van der Waals surface area contributed by atoms with Crippen molar-refractivity contribution in [3.63, 3.8) is 0 Å². The number of imidazole rings is 1. The van der Waals surface area contributed by atoms with Crippen molar-refractivity contribution in [2.24, 2.45) is 5.92 Å². The van der Waals surface area contributed by atoms with Crippen LogP contribution in [0.25, 0.3) is 11.0 Å². The van der Waals surface area contributed by atoms with E-state index in [0.29, 0.717) is 24.6 Å². The molecule has 1 fully saturated rings. The Morgan fingerprint density at radius 1 is 1.31 bits per heavy atom. The van der Waals surface area contributed by atoms with Crippen LogP contribution in [0.15, 0.2) is 48.8 Å². The SMILES string of the molecule is COc1ccc(C(=O)N(C)CCn2cnc3ccccc32)cc1CC1CCNC1. The molecule has 6 heteroatoms. The molecule has 0 saturated carbocycles. The molecule has 0 aliphatic carbocycles. The topological polar surface area (TPSA) is 59.4 Å². The van der Waals surface area contributed by atoms with Crippen LogP contribution in [0, 0.1) is 5.92 Å². The first-order valence-corrected chi connectivity index (χ1v) is 10.2. The molecule has 1 unspecified atom stereocenters. The van der Waals surface area contributed by atoms with Gasteiger partial charge in [-0.1, -0.05) is 12.1 Å². The molecule has 29 heavy (non-hydrogen) atoms. The normalized spacial score (nSPS) is 16.3. The maximum atomic E-state index is 13.0. The molecule has 6 nitrogen and oxygen atoms in total. The summed E-state index contributed by atoms with van der Waals surface area (Å²) in [6.07, 6.45) is 3.94. The molecule has 1 aliphatic heterocycles. The van der Waals surface area contributed by atoms with E-state index in [9.17, 15) is 4.79 Å². The smallest absolute Gasteiger partial charge is 0.253 e. The molecule has 2 aromatic carbocycles. The lowest BCUT2D eigenvalue weighted by atomic mass is 9.96. The van der Waals surface area contributed by atoms with Gasteiger partial charge < -0.3 is 19.5 Å². The first-order valence-electron chi connectivity index (χ1n) is 10.2. The third-order valence-electron chi connectivity index (χ3n) is 5.75. The van der Waals surface area contributed by atoms with Crippen molar-refractivity contribution in [1.82, 2.24) is 19.8 Å². The molecule has 2 heterocycles. The summed E-state index contributed by atoms with van der Waals surface area (Å²) in [4.78, 5) is 19.2. The van der Waals surface area contributed by atoms with Crippen LogP contribution < -0.4 is 10.1 Å². The van der Waals surface area contributed by atoms with Gasteiger partial charge in [0, 0.05) is 25.7 Å². The number of methoxy groups -OCH3 is 1. The Hall–Kier alpha value is -2.86. The molecule has 0 spiro atoms. The zero-order valence-electron chi connectivity index (χ0n) is 17.1. The minimum Gasteiger partial charge on any atom is -0.496 e. The van der Waals surface area contributed by atoms with Crippen LogP contribution in [0.2, 0.25) is 0 Å². The third-order valence-corrected chi connectivity index (χ3v) is 5.75. The average Bonchev–Trinajstić information content (AvgIpc) is 3.41. The lowest BCUT2D eigenvalue weighted by Crippen LogP contribution is -2.30. The highest BCUT2D eigenvalue weighted by Crippen LogP contribution is 2.25. The molecule has 3 aromatic rings. The van der Waals surface area contributed by atoms with Crippen molar-refractivity contribution >= 4 is 16.9 Å². The predicted molar refractivity (Wildman–Crippen MR) is 114 cm³/mol. The Morgan fingerprint density at radius 3 is 2.97 bits per heavy atom. The average molecular weight is 393 g/mol. The lowest BCUT2D eigenvalue weighted by molar-refractivity contribution is 0.0790. The van der Waals surface area contributed by atoms with Gasteiger partial charge in [-0.25, -0.2) is 4.98 Å². The number of nitrogens with one attached hydrogen (secondary N) is 1. The van der Waals surface area contributed by atoms with Crippen LogP contribution in [-0.2, 0) is 13.0 Å². The second-order valence-electron chi connectivity index (χ2n) is 7.74. The number of benzene rings is 2. The fourth-order valence-corrected chi connectivity index (χ4v) is 4.04. The first-order chi connectivity index (χ1) is 14.2. The second-order valence-corrected chi connectivity index (χ2v) is 7.74. The third kappa shape index (κ3) is 4.27. The highest BCUT2D eigenvalue weighted by molar-refractivity contribution is 5.94. The number of rotatable bonds is 7. The van der Waals surface area contributed by atoms with Crippen LogP contribution in [0.5, 0.6) is 5.75 Å². The van der Waals surface area contributed by atoms with E-state index >= 15 is 0 Å². The number of ether oxygens (including phenoxy) is 1.